The first-order valence-corrected chi connectivity index (χ1v) is 10.4. The minimum atomic E-state index is -0.360. The molecule has 1 atom stereocenters. The maximum atomic E-state index is 13.3. The number of hydrogen-bond acceptors (Lipinski definition) is 4. The molecule has 1 N–H and O–H groups in total. The van der Waals surface area contributed by atoms with Crippen LogP contribution >= 0.6 is 0 Å². The highest BCUT2D eigenvalue weighted by atomic mass is 19.1. The summed E-state index contributed by atoms with van der Waals surface area (Å²) in [5.74, 6) is 0.426. The summed E-state index contributed by atoms with van der Waals surface area (Å²) in [6.07, 6.45) is 6.40. The Bertz CT molecular complexity index is 1200. The van der Waals surface area contributed by atoms with Gasteiger partial charge in [-0.05, 0) is 67.3 Å². The highest BCUT2D eigenvalue weighted by Crippen LogP contribution is 2.31. The van der Waals surface area contributed by atoms with Crippen molar-refractivity contribution in [2.75, 3.05) is 7.11 Å². The number of imidazole rings is 1. The molecule has 1 fully saturated rings. The lowest BCUT2D eigenvalue weighted by Gasteiger charge is -2.34. The van der Waals surface area contributed by atoms with Gasteiger partial charge in [-0.3, -0.25) is 15.1 Å². The third-order valence-corrected chi connectivity index (χ3v) is 5.70. The summed E-state index contributed by atoms with van der Waals surface area (Å²) in [5.41, 5.74) is 4.22. The molecule has 1 aliphatic rings. The van der Waals surface area contributed by atoms with Gasteiger partial charge in [-0.15, -0.1) is 0 Å². The number of carbonyl (C=O) groups excluding carboxylic acids is 1. The van der Waals surface area contributed by atoms with E-state index in [0.717, 1.165) is 28.1 Å². The molecule has 0 saturated carbocycles. The Balaban J connectivity index is 1.63. The minimum Gasteiger partial charge on any atom is -0.495 e. The molecule has 0 radical (unpaired) electrons. The Morgan fingerprint density at radius 1 is 1.19 bits per heavy atom. The Kier molecular flexibility index (Phi) is 5.90. The molecule has 1 unspecified atom stereocenters. The molecule has 3 aromatic rings. The van der Waals surface area contributed by atoms with Crippen LogP contribution in [-0.2, 0) is 4.79 Å². The van der Waals surface area contributed by atoms with Crippen LogP contribution in [0.4, 0.5) is 4.39 Å². The highest BCUT2D eigenvalue weighted by Gasteiger charge is 2.31. The van der Waals surface area contributed by atoms with E-state index in [9.17, 15) is 9.18 Å². The lowest BCUT2D eigenvalue weighted by molar-refractivity contribution is -0.129. The summed E-state index contributed by atoms with van der Waals surface area (Å²) in [4.78, 5) is 18.4. The number of rotatable bonds is 5. The van der Waals surface area contributed by atoms with Crippen molar-refractivity contribution >= 4 is 17.8 Å². The molecule has 1 amide bonds. The molecule has 0 aliphatic carbocycles. The number of carbonyl (C=O) groups is 1. The Hall–Kier alpha value is -3.74. The minimum absolute atomic E-state index is 0.104. The number of amides is 1. The molecule has 2 heterocycles. The summed E-state index contributed by atoms with van der Waals surface area (Å²) in [7, 11) is 1.62. The number of piperidine rings is 1. The van der Waals surface area contributed by atoms with Gasteiger partial charge in [0.1, 0.15) is 17.4 Å². The van der Waals surface area contributed by atoms with Gasteiger partial charge < -0.3 is 9.30 Å². The number of halogens is 1. The number of nitrogens with zero attached hydrogens (tertiary/aromatic N) is 3. The molecule has 4 rings (SSSR count). The van der Waals surface area contributed by atoms with E-state index in [2.05, 4.69) is 4.98 Å². The maximum absolute atomic E-state index is 13.3. The zero-order valence-corrected chi connectivity index (χ0v) is 18.3. The van der Waals surface area contributed by atoms with E-state index in [0.29, 0.717) is 18.6 Å². The van der Waals surface area contributed by atoms with Crippen LogP contribution in [0, 0.1) is 18.2 Å². The summed E-state index contributed by atoms with van der Waals surface area (Å²) < 4.78 is 20.8. The number of hydrogen-bond donors (Lipinski definition) is 1. The van der Waals surface area contributed by atoms with E-state index in [-0.39, 0.29) is 23.6 Å². The predicted molar refractivity (Wildman–Crippen MR) is 121 cm³/mol. The predicted octanol–water partition coefficient (Wildman–Crippen LogP) is 5.07. The lowest BCUT2D eigenvalue weighted by Crippen LogP contribution is -2.42. The summed E-state index contributed by atoms with van der Waals surface area (Å²) in [5, 5.41) is 8.70. The fraction of sp³-hybridized carbons (Fsp3) is 0.240. The molecule has 6 nitrogen and oxygen atoms in total. The van der Waals surface area contributed by atoms with E-state index < -0.39 is 0 Å². The van der Waals surface area contributed by atoms with E-state index in [1.54, 1.807) is 25.6 Å². The first-order valence-electron chi connectivity index (χ1n) is 10.4. The van der Waals surface area contributed by atoms with E-state index >= 15 is 0 Å². The van der Waals surface area contributed by atoms with Crippen molar-refractivity contribution in [3.63, 3.8) is 0 Å². The molecule has 0 bridgehead atoms. The van der Waals surface area contributed by atoms with Gasteiger partial charge in [0.25, 0.3) is 0 Å². The topological polar surface area (TPSA) is 71.2 Å². The van der Waals surface area contributed by atoms with Crippen LogP contribution in [0.1, 0.15) is 42.6 Å². The van der Waals surface area contributed by atoms with Gasteiger partial charge in [0.05, 0.1) is 30.9 Å². The average Bonchev–Trinajstić information content (AvgIpc) is 3.22. The number of aryl methyl sites for hydroxylation is 1. The maximum Gasteiger partial charge on any atom is 0.229 e. The second-order valence-electron chi connectivity index (χ2n) is 7.86. The fourth-order valence-electron chi connectivity index (χ4n) is 3.95. The van der Waals surface area contributed by atoms with Gasteiger partial charge in [0.15, 0.2) is 0 Å². The van der Waals surface area contributed by atoms with Crippen molar-refractivity contribution in [1.29, 1.82) is 5.41 Å². The van der Waals surface area contributed by atoms with Gasteiger partial charge in [-0.25, -0.2) is 9.37 Å². The quantitative estimate of drug-likeness (QED) is 0.612. The SMILES string of the molecule is COc1cc(/C=C2\CCC(=O)N(C(C)c3ccc(F)cc3)C2=N)ccc1-n1cnc(C)c1. The number of likely N-dealkylation sites (tertiary alicyclic amines) is 1. The van der Waals surface area contributed by atoms with Gasteiger partial charge in [0.2, 0.25) is 5.91 Å². The standard InChI is InChI=1S/C25H25FN4O2/c1-16-14-29(15-28-16)22-10-4-18(13-23(22)32-3)12-20-7-11-24(31)30(25(20)27)17(2)19-5-8-21(26)9-6-19/h4-6,8-10,12-15,17,27H,7,11H2,1-3H3/b20-12+,27-25?. The molecule has 1 aliphatic heterocycles. The fourth-order valence-corrected chi connectivity index (χ4v) is 3.95. The van der Waals surface area contributed by atoms with Crippen LogP contribution in [0.5, 0.6) is 5.75 Å². The van der Waals surface area contributed by atoms with Crippen LogP contribution in [-0.4, -0.2) is 33.3 Å². The monoisotopic (exact) mass is 432 g/mol. The van der Waals surface area contributed by atoms with Crippen molar-refractivity contribution in [3.8, 4) is 11.4 Å². The van der Waals surface area contributed by atoms with Crippen molar-refractivity contribution in [1.82, 2.24) is 14.5 Å². The van der Waals surface area contributed by atoms with E-state index in [1.165, 1.54) is 17.0 Å². The van der Waals surface area contributed by atoms with Crippen LogP contribution < -0.4 is 4.74 Å². The van der Waals surface area contributed by atoms with Gasteiger partial charge in [0, 0.05) is 12.6 Å². The first-order chi connectivity index (χ1) is 15.4. The number of nitrogens with one attached hydrogen (secondary N) is 1. The van der Waals surface area contributed by atoms with Gasteiger partial charge in [-0.1, -0.05) is 18.2 Å². The largest absolute Gasteiger partial charge is 0.495 e. The number of ether oxygens (including phenoxy) is 1. The van der Waals surface area contributed by atoms with E-state index in [4.69, 9.17) is 10.1 Å². The van der Waals surface area contributed by atoms with Crippen LogP contribution in [0.2, 0.25) is 0 Å². The molecule has 7 heteroatoms. The number of methoxy groups -OCH3 is 1. The smallest absolute Gasteiger partial charge is 0.229 e. The van der Waals surface area contributed by atoms with Crippen LogP contribution in [0.15, 0.2) is 60.6 Å². The third kappa shape index (κ3) is 4.19. The van der Waals surface area contributed by atoms with E-state index in [1.807, 2.05) is 48.9 Å². The van der Waals surface area contributed by atoms with Crippen LogP contribution in [0.3, 0.4) is 0 Å². The number of amidine groups is 1. The third-order valence-electron chi connectivity index (χ3n) is 5.70. The Morgan fingerprint density at radius 3 is 2.59 bits per heavy atom. The van der Waals surface area contributed by atoms with Crippen molar-refractivity contribution in [3.05, 3.63) is 83.2 Å². The zero-order valence-electron chi connectivity index (χ0n) is 18.3. The Morgan fingerprint density at radius 2 is 1.94 bits per heavy atom. The van der Waals surface area contributed by atoms with Crippen molar-refractivity contribution in [2.24, 2.45) is 0 Å². The molecule has 1 aromatic heterocycles. The van der Waals surface area contributed by atoms with Crippen LogP contribution in [0.25, 0.3) is 11.8 Å². The average molecular weight is 432 g/mol. The van der Waals surface area contributed by atoms with Gasteiger partial charge in [-0.2, -0.15) is 0 Å². The summed E-state index contributed by atoms with van der Waals surface area (Å²) >= 11 is 0. The molecule has 1 saturated heterocycles. The highest BCUT2D eigenvalue weighted by molar-refractivity contribution is 6.11. The number of aromatic nitrogens is 2. The Labute approximate surface area is 186 Å². The molecule has 2 aromatic carbocycles. The lowest BCUT2D eigenvalue weighted by atomic mass is 9.96. The zero-order chi connectivity index (χ0) is 22.8. The van der Waals surface area contributed by atoms with Gasteiger partial charge >= 0.3 is 0 Å². The first kappa shape index (κ1) is 21.5. The molecule has 32 heavy (non-hydrogen) atoms. The molecule has 0 spiro atoms. The number of benzene rings is 2. The van der Waals surface area contributed by atoms with Crippen molar-refractivity contribution in [2.45, 2.75) is 32.7 Å². The second kappa shape index (κ2) is 8.78. The summed E-state index contributed by atoms with van der Waals surface area (Å²) in [6, 6.07) is 11.5. The summed E-state index contributed by atoms with van der Waals surface area (Å²) in [6.45, 7) is 3.78. The molecule has 164 valence electrons. The normalized spacial score (nSPS) is 16.5. The molecular weight excluding hydrogens is 407 g/mol. The second-order valence-corrected chi connectivity index (χ2v) is 7.86. The van der Waals surface area contributed by atoms with Crippen molar-refractivity contribution < 1.29 is 13.9 Å². The molecular formula is C25H25FN4O2.